The molecule has 3 aromatic carbocycles. The summed E-state index contributed by atoms with van der Waals surface area (Å²) in [5.74, 6) is 2.75. The van der Waals surface area contributed by atoms with E-state index in [0.29, 0.717) is 18.1 Å². The molecule has 0 bridgehead atoms. The van der Waals surface area contributed by atoms with Crippen LogP contribution in [0.1, 0.15) is 24.5 Å². The van der Waals surface area contributed by atoms with Crippen LogP contribution >= 0.6 is 0 Å². The first-order valence-corrected chi connectivity index (χ1v) is 9.97. The summed E-state index contributed by atoms with van der Waals surface area (Å²) in [7, 11) is 1.64. The van der Waals surface area contributed by atoms with Gasteiger partial charge in [-0.1, -0.05) is 36.8 Å². The SMILES string of the molecule is CCC(=C\Oc1ccc(OC)cc1)/C(=N/c1ccc(C)cc1)Oc1cccc(C)c1. The molecule has 3 aromatic rings. The van der Waals surface area contributed by atoms with Crippen LogP contribution in [0.3, 0.4) is 0 Å². The number of benzene rings is 3. The maximum absolute atomic E-state index is 6.19. The number of ether oxygens (including phenoxy) is 3. The summed E-state index contributed by atoms with van der Waals surface area (Å²) in [6.07, 6.45) is 2.40. The van der Waals surface area contributed by atoms with Crippen molar-refractivity contribution < 1.29 is 14.2 Å². The largest absolute Gasteiger partial charge is 0.497 e. The van der Waals surface area contributed by atoms with Crippen LogP contribution in [-0.2, 0) is 0 Å². The molecule has 0 aliphatic rings. The lowest BCUT2D eigenvalue weighted by molar-refractivity contribution is 0.412. The summed E-state index contributed by atoms with van der Waals surface area (Å²) in [6.45, 7) is 6.14. The molecule has 4 heteroatoms. The average molecular weight is 402 g/mol. The molecule has 0 spiro atoms. The van der Waals surface area contributed by atoms with E-state index in [1.54, 1.807) is 13.4 Å². The van der Waals surface area contributed by atoms with Gasteiger partial charge >= 0.3 is 0 Å². The van der Waals surface area contributed by atoms with Crippen LogP contribution in [-0.4, -0.2) is 13.0 Å². The van der Waals surface area contributed by atoms with Crippen molar-refractivity contribution in [2.24, 2.45) is 4.99 Å². The lowest BCUT2D eigenvalue weighted by Gasteiger charge is -2.13. The van der Waals surface area contributed by atoms with Gasteiger partial charge < -0.3 is 14.2 Å². The summed E-state index contributed by atoms with van der Waals surface area (Å²) in [5.41, 5.74) is 3.99. The summed E-state index contributed by atoms with van der Waals surface area (Å²) < 4.78 is 17.3. The van der Waals surface area contributed by atoms with Gasteiger partial charge in [0.15, 0.2) is 0 Å². The zero-order chi connectivity index (χ0) is 21.3. The first kappa shape index (κ1) is 21.2. The standard InChI is InChI=1S/C26H27NO3/c1-5-21(18-29-24-15-13-23(28-4)14-16-24)26(27-22-11-9-19(2)10-12-22)30-25-8-6-7-20(3)17-25/h6-18H,5H2,1-4H3/b21-18+,27-26-. The van der Waals surface area contributed by atoms with Gasteiger partial charge in [0.25, 0.3) is 0 Å². The van der Waals surface area contributed by atoms with Gasteiger partial charge in [-0.05, 0) is 74.4 Å². The highest BCUT2D eigenvalue weighted by atomic mass is 16.5. The van der Waals surface area contributed by atoms with Gasteiger partial charge in [-0.25, -0.2) is 4.99 Å². The Balaban J connectivity index is 1.91. The van der Waals surface area contributed by atoms with Crippen molar-refractivity contribution in [2.75, 3.05) is 7.11 Å². The van der Waals surface area contributed by atoms with Crippen molar-refractivity contribution in [2.45, 2.75) is 27.2 Å². The monoisotopic (exact) mass is 401 g/mol. The fraction of sp³-hybridized carbons (Fsp3) is 0.192. The first-order valence-electron chi connectivity index (χ1n) is 9.97. The highest BCUT2D eigenvalue weighted by Gasteiger charge is 2.11. The molecule has 0 aliphatic carbocycles. The molecule has 0 heterocycles. The minimum atomic E-state index is 0.514. The van der Waals surface area contributed by atoms with Gasteiger partial charge in [-0.2, -0.15) is 0 Å². The number of methoxy groups -OCH3 is 1. The molecular weight excluding hydrogens is 374 g/mol. The Labute approximate surface area is 178 Å². The smallest absolute Gasteiger partial charge is 0.226 e. The van der Waals surface area contributed by atoms with E-state index in [0.717, 1.165) is 28.3 Å². The minimum absolute atomic E-state index is 0.514. The maximum Gasteiger partial charge on any atom is 0.226 e. The molecular formula is C26H27NO3. The second-order valence-corrected chi connectivity index (χ2v) is 6.96. The molecule has 0 N–H and O–H groups in total. The highest BCUT2D eigenvalue weighted by Crippen LogP contribution is 2.22. The summed E-state index contributed by atoms with van der Waals surface area (Å²) in [5, 5.41) is 0. The van der Waals surface area contributed by atoms with Crippen molar-refractivity contribution >= 4 is 11.6 Å². The van der Waals surface area contributed by atoms with Gasteiger partial charge in [-0.3, -0.25) is 0 Å². The zero-order valence-electron chi connectivity index (χ0n) is 17.9. The van der Waals surface area contributed by atoms with Gasteiger partial charge in [0.2, 0.25) is 5.90 Å². The Morgan fingerprint density at radius 1 is 0.833 bits per heavy atom. The van der Waals surface area contributed by atoms with Crippen molar-refractivity contribution in [3.63, 3.8) is 0 Å². The third kappa shape index (κ3) is 5.98. The molecule has 30 heavy (non-hydrogen) atoms. The van der Waals surface area contributed by atoms with Gasteiger partial charge in [0.1, 0.15) is 17.2 Å². The van der Waals surface area contributed by atoms with Gasteiger partial charge in [-0.15, -0.1) is 0 Å². The molecule has 0 saturated heterocycles. The summed E-state index contributed by atoms with van der Waals surface area (Å²) in [6, 6.07) is 23.4. The number of hydrogen-bond acceptors (Lipinski definition) is 4. The molecule has 0 aliphatic heterocycles. The van der Waals surface area contributed by atoms with E-state index in [4.69, 9.17) is 19.2 Å². The van der Waals surface area contributed by atoms with Crippen molar-refractivity contribution in [3.05, 3.63) is 95.8 Å². The third-order valence-electron chi connectivity index (χ3n) is 4.52. The quantitative estimate of drug-likeness (QED) is 0.248. The van der Waals surface area contributed by atoms with Crippen molar-refractivity contribution in [1.82, 2.24) is 0 Å². The van der Waals surface area contributed by atoms with Crippen molar-refractivity contribution in [1.29, 1.82) is 0 Å². The van der Waals surface area contributed by atoms with Gasteiger partial charge in [0, 0.05) is 5.57 Å². The maximum atomic E-state index is 6.19. The third-order valence-corrected chi connectivity index (χ3v) is 4.52. The molecule has 0 radical (unpaired) electrons. The van der Waals surface area contributed by atoms with E-state index in [2.05, 4.69) is 6.92 Å². The number of rotatable bonds is 7. The van der Waals surface area contributed by atoms with E-state index in [-0.39, 0.29) is 0 Å². The van der Waals surface area contributed by atoms with Gasteiger partial charge in [0.05, 0.1) is 19.1 Å². The Morgan fingerprint density at radius 3 is 2.17 bits per heavy atom. The fourth-order valence-electron chi connectivity index (χ4n) is 2.77. The number of hydrogen-bond donors (Lipinski definition) is 0. The number of aliphatic imine (C=N–C) groups is 1. The van der Waals surface area contributed by atoms with Crippen LogP contribution in [0.25, 0.3) is 0 Å². The molecule has 0 saturated carbocycles. The first-order chi connectivity index (χ1) is 14.6. The molecule has 0 fully saturated rings. The second kappa shape index (κ2) is 10.3. The Kier molecular flexibility index (Phi) is 7.28. The Morgan fingerprint density at radius 2 is 1.53 bits per heavy atom. The summed E-state index contributed by atoms with van der Waals surface area (Å²) in [4.78, 5) is 4.76. The predicted octanol–water partition coefficient (Wildman–Crippen LogP) is 6.79. The number of nitrogens with zero attached hydrogens (tertiary/aromatic N) is 1. The second-order valence-electron chi connectivity index (χ2n) is 6.96. The molecule has 0 atom stereocenters. The Bertz CT molecular complexity index is 1020. The molecule has 0 amide bonds. The van der Waals surface area contributed by atoms with Crippen LogP contribution in [0.2, 0.25) is 0 Å². The summed E-state index contributed by atoms with van der Waals surface area (Å²) >= 11 is 0. The molecule has 0 aromatic heterocycles. The lowest BCUT2D eigenvalue weighted by Crippen LogP contribution is -2.12. The molecule has 154 valence electrons. The van der Waals surface area contributed by atoms with Crippen LogP contribution in [0.4, 0.5) is 5.69 Å². The topological polar surface area (TPSA) is 40.0 Å². The van der Waals surface area contributed by atoms with E-state index >= 15 is 0 Å². The van der Waals surface area contributed by atoms with E-state index in [1.807, 2.05) is 86.6 Å². The highest BCUT2D eigenvalue weighted by molar-refractivity contribution is 5.96. The minimum Gasteiger partial charge on any atom is -0.497 e. The zero-order valence-corrected chi connectivity index (χ0v) is 17.9. The van der Waals surface area contributed by atoms with Crippen molar-refractivity contribution in [3.8, 4) is 17.2 Å². The van der Waals surface area contributed by atoms with E-state index in [9.17, 15) is 0 Å². The fourth-order valence-corrected chi connectivity index (χ4v) is 2.77. The van der Waals surface area contributed by atoms with Crippen LogP contribution in [0.5, 0.6) is 17.2 Å². The normalized spacial score (nSPS) is 11.9. The van der Waals surface area contributed by atoms with Crippen LogP contribution in [0.15, 0.2) is 89.6 Å². The predicted molar refractivity (Wildman–Crippen MR) is 122 cm³/mol. The lowest BCUT2D eigenvalue weighted by atomic mass is 10.2. The van der Waals surface area contributed by atoms with E-state index in [1.165, 1.54) is 5.56 Å². The number of aryl methyl sites for hydroxylation is 2. The Hall–Kier alpha value is -3.53. The average Bonchev–Trinajstić information content (AvgIpc) is 2.76. The van der Waals surface area contributed by atoms with E-state index < -0.39 is 0 Å². The molecule has 3 rings (SSSR count). The van der Waals surface area contributed by atoms with Crippen LogP contribution in [0, 0.1) is 13.8 Å². The molecule has 0 unspecified atom stereocenters. The molecule has 4 nitrogen and oxygen atoms in total. The van der Waals surface area contributed by atoms with Crippen LogP contribution < -0.4 is 14.2 Å².